The van der Waals surface area contributed by atoms with Crippen molar-refractivity contribution in [3.8, 4) is 0 Å². The summed E-state index contributed by atoms with van der Waals surface area (Å²) in [7, 11) is 0. The third kappa shape index (κ3) is 45.8. The van der Waals surface area contributed by atoms with Crippen LogP contribution in [0.5, 0.6) is 0 Å². The van der Waals surface area contributed by atoms with Gasteiger partial charge in [0.15, 0.2) is 0 Å². The third-order valence-electron chi connectivity index (χ3n) is 5.10. The van der Waals surface area contributed by atoms with E-state index < -0.39 is 0 Å². The van der Waals surface area contributed by atoms with Gasteiger partial charge in [0.2, 0.25) is 0 Å². The van der Waals surface area contributed by atoms with Gasteiger partial charge in [-0.05, 0) is 20.8 Å². The molecule has 0 saturated carbocycles. The molecule has 0 aliphatic heterocycles. The Kier molecular flexibility index (Phi) is 39.3. The second-order valence-electron chi connectivity index (χ2n) is 9.64. The first kappa shape index (κ1) is 44.9. The summed E-state index contributed by atoms with van der Waals surface area (Å²) in [6.45, 7) is 12.4. The molecule has 0 unspecified atom stereocenters. The molecular formula is C30H54FeN3O6. The number of nitrogens with zero attached hydrogens (tertiary/aromatic N) is 3. The van der Waals surface area contributed by atoms with E-state index in [4.69, 9.17) is 0 Å². The van der Waals surface area contributed by atoms with E-state index in [9.17, 15) is 28.8 Å². The normalized spacial score (nSPS) is 9.45. The van der Waals surface area contributed by atoms with Crippen LogP contribution in [0, 0.1) is 0 Å². The Hall–Kier alpha value is -2.06. The number of amides is 3. The van der Waals surface area contributed by atoms with E-state index in [0.29, 0.717) is 19.6 Å². The molecule has 0 heterocycles. The van der Waals surface area contributed by atoms with Crippen molar-refractivity contribution < 1.29 is 45.8 Å². The van der Waals surface area contributed by atoms with Crippen LogP contribution < -0.4 is 0 Å². The fraction of sp³-hybridized carbons (Fsp3) is 0.800. The van der Waals surface area contributed by atoms with Gasteiger partial charge < -0.3 is 30.3 Å². The van der Waals surface area contributed by atoms with E-state index in [1.807, 2.05) is 0 Å². The molecule has 0 rings (SSSR count). The van der Waals surface area contributed by atoms with Crippen molar-refractivity contribution in [2.45, 2.75) is 138 Å². The maximum atomic E-state index is 10.9. The molecule has 0 aliphatic carbocycles. The maximum absolute atomic E-state index is 10.9. The average Bonchev–Trinajstić information content (AvgIpc) is 2.83. The van der Waals surface area contributed by atoms with E-state index in [0.717, 1.165) is 38.5 Å². The second kappa shape index (κ2) is 35.0. The molecule has 0 N–H and O–H groups in total. The van der Waals surface area contributed by atoms with Gasteiger partial charge in [-0.15, -0.1) is 19.6 Å². The number of rotatable bonds is 21. The molecule has 0 saturated heterocycles. The fourth-order valence-electron chi connectivity index (χ4n) is 3.03. The second-order valence-corrected chi connectivity index (χ2v) is 9.64. The van der Waals surface area contributed by atoms with E-state index in [1.54, 1.807) is 0 Å². The molecule has 3 amide bonds. The first-order valence-electron chi connectivity index (χ1n) is 14.6. The van der Waals surface area contributed by atoms with E-state index in [1.165, 1.54) is 59.3 Å². The molecule has 233 valence electrons. The summed E-state index contributed by atoms with van der Waals surface area (Å²) < 4.78 is 0. The summed E-state index contributed by atoms with van der Waals surface area (Å²) in [5.74, 6) is -1.15. The van der Waals surface area contributed by atoms with Crippen LogP contribution in [0.4, 0.5) is 0 Å². The van der Waals surface area contributed by atoms with Crippen molar-refractivity contribution in [2.24, 2.45) is 0 Å². The predicted octanol–water partition coefficient (Wildman–Crippen LogP) is 7.34. The molecule has 0 aromatic carbocycles. The van der Waals surface area contributed by atoms with Gasteiger partial charge in [0.1, 0.15) is 17.3 Å². The number of ketones is 3. The largest absolute Gasteiger partial charge is 3.00 e. The fourth-order valence-corrected chi connectivity index (χ4v) is 3.03. The molecule has 40 heavy (non-hydrogen) atoms. The van der Waals surface area contributed by atoms with Gasteiger partial charge in [0.25, 0.3) is 0 Å². The molecule has 0 bridgehead atoms. The molecule has 0 aromatic heterocycles. The van der Waals surface area contributed by atoms with Gasteiger partial charge in [-0.25, -0.2) is 0 Å². The van der Waals surface area contributed by atoms with Gasteiger partial charge in [-0.2, -0.15) is 0 Å². The minimum absolute atomic E-state index is 0. The van der Waals surface area contributed by atoms with Crippen LogP contribution >= 0.6 is 0 Å². The van der Waals surface area contributed by atoms with Gasteiger partial charge in [0, 0.05) is 19.3 Å². The first-order chi connectivity index (χ1) is 18.5. The summed E-state index contributed by atoms with van der Waals surface area (Å²) in [6, 6.07) is 0. The molecule has 0 aliphatic rings. The van der Waals surface area contributed by atoms with Crippen molar-refractivity contribution in [3.63, 3.8) is 0 Å². The van der Waals surface area contributed by atoms with Crippen LogP contribution in [0.25, 0.3) is 16.0 Å². The minimum atomic E-state index is -0.274. The van der Waals surface area contributed by atoms with Crippen LogP contribution in [-0.2, 0) is 45.8 Å². The van der Waals surface area contributed by atoms with Gasteiger partial charge in [-0.1, -0.05) is 97.8 Å². The van der Waals surface area contributed by atoms with Gasteiger partial charge in [0.05, 0.1) is 17.7 Å². The number of carbonyl (C=O) groups is 6. The van der Waals surface area contributed by atoms with Crippen molar-refractivity contribution in [1.29, 1.82) is 0 Å². The third-order valence-corrected chi connectivity index (χ3v) is 5.10. The van der Waals surface area contributed by atoms with E-state index in [2.05, 4.69) is 36.7 Å². The summed E-state index contributed by atoms with van der Waals surface area (Å²) in [4.78, 5) is 64.2. The maximum Gasteiger partial charge on any atom is 3.00 e. The van der Waals surface area contributed by atoms with Crippen molar-refractivity contribution in [2.75, 3.05) is 19.6 Å². The van der Waals surface area contributed by atoms with Crippen molar-refractivity contribution >= 4 is 35.1 Å². The summed E-state index contributed by atoms with van der Waals surface area (Å²) in [5, 5.41) is 11.3. The predicted molar refractivity (Wildman–Crippen MR) is 158 cm³/mol. The Morgan fingerprint density at radius 1 is 0.400 bits per heavy atom. The quantitative estimate of drug-likeness (QED) is 0.0757. The number of Topliss-reactive ketones (excluding diaryl/α,β-unsaturated/α-hetero) is 3. The Labute approximate surface area is 254 Å². The SMILES string of the molecule is CCCCCC[N-]C(=O)CC(C)=O.CCCCCC[N-]C(=O)CC(C)=O.CCCCCC[N-]C(=O)CC(C)=O.[Fe+3]. The Bertz CT molecular complexity index is 596. The Balaban J connectivity index is -0.000000240. The Morgan fingerprint density at radius 2 is 0.625 bits per heavy atom. The molecular weight excluding hydrogens is 554 g/mol. The van der Waals surface area contributed by atoms with Gasteiger partial charge in [-0.3, -0.25) is 14.4 Å². The number of carbonyl (C=O) groups excluding carboxylic acids is 6. The topological polar surface area (TPSA) is 145 Å². The zero-order valence-electron chi connectivity index (χ0n) is 25.9. The molecule has 0 spiro atoms. The molecule has 10 heteroatoms. The monoisotopic (exact) mass is 608 g/mol. The molecule has 9 nitrogen and oxygen atoms in total. The van der Waals surface area contributed by atoms with Gasteiger partial charge >= 0.3 is 17.1 Å². The van der Waals surface area contributed by atoms with E-state index >= 15 is 0 Å². The average molecular weight is 609 g/mol. The number of unbranched alkanes of at least 4 members (excludes halogenated alkanes) is 9. The zero-order chi connectivity index (χ0) is 30.3. The zero-order valence-corrected chi connectivity index (χ0v) is 27.0. The minimum Gasteiger partial charge on any atom is -0.653 e. The van der Waals surface area contributed by atoms with Crippen molar-refractivity contribution in [1.82, 2.24) is 0 Å². The smallest absolute Gasteiger partial charge is 0.653 e. The van der Waals surface area contributed by atoms with Crippen LogP contribution in [0.15, 0.2) is 0 Å². The standard InChI is InChI=1S/3C10H19NO2.Fe/c3*1-3-4-5-6-7-11-10(13)8-9(2)12;/h3*3-8H2,1-2H3,(H,11,13);/q;;;+3/p-3. The van der Waals surface area contributed by atoms with Crippen LogP contribution in [-0.4, -0.2) is 54.7 Å². The van der Waals surface area contributed by atoms with E-state index in [-0.39, 0.29) is 71.4 Å². The van der Waals surface area contributed by atoms with Crippen LogP contribution in [0.3, 0.4) is 0 Å². The molecule has 1 radical (unpaired) electrons. The molecule has 0 fully saturated rings. The number of hydrogen-bond acceptors (Lipinski definition) is 6. The first-order valence-corrected chi connectivity index (χ1v) is 14.6. The number of hydrogen-bond donors (Lipinski definition) is 0. The molecule has 0 aromatic rings. The summed E-state index contributed by atoms with van der Waals surface area (Å²) in [5.41, 5.74) is 0. The van der Waals surface area contributed by atoms with Crippen LogP contribution in [0.1, 0.15) is 138 Å². The Morgan fingerprint density at radius 3 is 0.800 bits per heavy atom. The van der Waals surface area contributed by atoms with Crippen LogP contribution in [0.2, 0.25) is 0 Å². The molecule has 0 atom stereocenters. The summed E-state index contributed by atoms with van der Waals surface area (Å²) in [6.07, 6.45) is 13.2. The van der Waals surface area contributed by atoms with Crippen molar-refractivity contribution in [3.05, 3.63) is 16.0 Å². The summed E-state index contributed by atoms with van der Waals surface area (Å²) >= 11 is 0.